The molecule has 146 valence electrons. The second kappa shape index (κ2) is 12.5. The smallest absolute Gasteiger partial charge is 0.248 e. The van der Waals surface area contributed by atoms with Crippen molar-refractivity contribution in [3.63, 3.8) is 0 Å². The summed E-state index contributed by atoms with van der Waals surface area (Å²) in [4.78, 5) is 4.44. The molecule has 0 saturated carbocycles. The zero-order chi connectivity index (χ0) is 19.5. The highest BCUT2D eigenvalue weighted by atomic mass is 35.5. The summed E-state index contributed by atoms with van der Waals surface area (Å²) in [5.41, 5.74) is 1.12. The van der Waals surface area contributed by atoms with Crippen molar-refractivity contribution >= 4 is 17.8 Å². The molecule has 0 aliphatic rings. The van der Waals surface area contributed by atoms with E-state index < -0.39 is 5.92 Å². The average Bonchev–Trinajstić information content (AvgIpc) is 2.59. The number of halogens is 3. The van der Waals surface area contributed by atoms with Gasteiger partial charge in [0.15, 0.2) is 0 Å². The zero-order valence-corrected chi connectivity index (χ0v) is 17.4. The summed E-state index contributed by atoms with van der Waals surface area (Å²) >= 11 is 5.99. The standard InChI is InChI=1S/C20H35ClF2N2/c1-7-11-17(16(6)12-20(22,23)10-4)13-24-19(15(5)8-2)25-14-18(21)9-3/h9,14,16-17,24H,7-8,10-13H2,1-6H3/b18-9+,19-15-,25-14+. The fraction of sp³-hybridized carbons (Fsp3) is 0.750. The predicted molar refractivity (Wildman–Crippen MR) is 107 cm³/mol. The molecular formula is C20H35ClF2N2. The van der Waals surface area contributed by atoms with E-state index in [1.165, 1.54) is 0 Å². The van der Waals surface area contributed by atoms with Crippen LogP contribution in [0.3, 0.4) is 0 Å². The molecule has 0 aromatic heterocycles. The maximum Gasteiger partial charge on any atom is 0.248 e. The quantitative estimate of drug-likeness (QED) is 0.367. The molecule has 0 aromatic carbocycles. The molecule has 0 bridgehead atoms. The van der Waals surface area contributed by atoms with Gasteiger partial charge in [-0.05, 0) is 44.1 Å². The van der Waals surface area contributed by atoms with E-state index in [1.807, 2.05) is 20.8 Å². The molecule has 0 spiro atoms. The minimum Gasteiger partial charge on any atom is -0.370 e. The number of nitrogens with zero attached hydrogens (tertiary/aromatic N) is 1. The number of nitrogens with one attached hydrogen (secondary N) is 1. The largest absolute Gasteiger partial charge is 0.370 e. The summed E-state index contributed by atoms with van der Waals surface area (Å²) in [6.07, 6.45) is 6.01. The van der Waals surface area contributed by atoms with Crippen LogP contribution in [0.1, 0.15) is 73.6 Å². The van der Waals surface area contributed by atoms with E-state index in [0.29, 0.717) is 11.6 Å². The minimum atomic E-state index is -2.58. The molecule has 0 fully saturated rings. The number of hydrogen-bond acceptors (Lipinski definition) is 2. The van der Waals surface area contributed by atoms with Crippen LogP contribution >= 0.6 is 11.6 Å². The molecular weight excluding hydrogens is 342 g/mol. The lowest BCUT2D eigenvalue weighted by Crippen LogP contribution is -2.30. The van der Waals surface area contributed by atoms with E-state index in [1.54, 1.807) is 19.2 Å². The number of aliphatic imine (C=N–C) groups is 1. The summed E-state index contributed by atoms with van der Waals surface area (Å²) in [7, 11) is 0. The van der Waals surface area contributed by atoms with Gasteiger partial charge in [-0.25, -0.2) is 13.8 Å². The average molecular weight is 377 g/mol. The fourth-order valence-electron chi connectivity index (χ4n) is 2.64. The maximum absolute atomic E-state index is 13.8. The number of hydrogen-bond donors (Lipinski definition) is 1. The van der Waals surface area contributed by atoms with Gasteiger partial charge in [0.2, 0.25) is 5.92 Å². The van der Waals surface area contributed by atoms with E-state index in [2.05, 4.69) is 24.2 Å². The molecule has 0 amide bonds. The van der Waals surface area contributed by atoms with E-state index in [0.717, 1.165) is 30.7 Å². The molecule has 0 radical (unpaired) electrons. The van der Waals surface area contributed by atoms with Gasteiger partial charge in [-0.1, -0.05) is 51.8 Å². The molecule has 0 saturated heterocycles. The molecule has 0 heterocycles. The molecule has 2 nitrogen and oxygen atoms in total. The van der Waals surface area contributed by atoms with Gasteiger partial charge < -0.3 is 5.32 Å². The van der Waals surface area contributed by atoms with E-state index in [-0.39, 0.29) is 24.7 Å². The first kappa shape index (κ1) is 24.1. The van der Waals surface area contributed by atoms with Crippen molar-refractivity contribution in [3.8, 4) is 0 Å². The molecule has 0 rings (SSSR count). The first-order chi connectivity index (χ1) is 11.7. The molecule has 1 N–H and O–H groups in total. The summed E-state index contributed by atoms with van der Waals surface area (Å²) in [6.45, 7) is 12.2. The van der Waals surface area contributed by atoms with Crippen molar-refractivity contribution in [2.45, 2.75) is 79.6 Å². The molecule has 25 heavy (non-hydrogen) atoms. The van der Waals surface area contributed by atoms with Crippen LogP contribution in [0.2, 0.25) is 0 Å². The van der Waals surface area contributed by atoms with Gasteiger partial charge in [-0.3, -0.25) is 0 Å². The Morgan fingerprint density at radius 3 is 2.40 bits per heavy atom. The van der Waals surface area contributed by atoms with Gasteiger partial charge in [0, 0.05) is 25.6 Å². The van der Waals surface area contributed by atoms with Crippen LogP contribution in [-0.2, 0) is 0 Å². The van der Waals surface area contributed by atoms with Gasteiger partial charge in [0.05, 0.1) is 5.03 Å². The summed E-state index contributed by atoms with van der Waals surface area (Å²) in [5.74, 6) is -1.65. The van der Waals surface area contributed by atoms with Crippen molar-refractivity contribution in [2.75, 3.05) is 6.54 Å². The van der Waals surface area contributed by atoms with Crippen LogP contribution in [-0.4, -0.2) is 18.7 Å². The van der Waals surface area contributed by atoms with Crippen molar-refractivity contribution < 1.29 is 8.78 Å². The third-order valence-electron chi connectivity index (χ3n) is 4.66. The van der Waals surface area contributed by atoms with Gasteiger partial charge in [-0.2, -0.15) is 0 Å². The Morgan fingerprint density at radius 1 is 1.28 bits per heavy atom. The molecule has 0 aliphatic heterocycles. The molecule has 0 aromatic rings. The normalized spacial score (nSPS) is 16.8. The Morgan fingerprint density at radius 2 is 1.92 bits per heavy atom. The SMILES string of the molecule is C\C=C(Cl)/C=N/C(NCC(CCC)C(C)CC(F)(F)CC)=C(/C)CC. The second-order valence-corrected chi connectivity index (χ2v) is 7.17. The Labute approximate surface area is 157 Å². The highest BCUT2D eigenvalue weighted by Gasteiger charge is 2.31. The third kappa shape index (κ3) is 9.98. The third-order valence-corrected chi connectivity index (χ3v) is 4.98. The van der Waals surface area contributed by atoms with Crippen LogP contribution < -0.4 is 5.32 Å². The van der Waals surface area contributed by atoms with Crippen molar-refractivity contribution in [1.29, 1.82) is 0 Å². The first-order valence-corrected chi connectivity index (χ1v) is 9.75. The Balaban J connectivity index is 5.07. The van der Waals surface area contributed by atoms with Crippen LogP contribution in [0.5, 0.6) is 0 Å². The van der Waals surface area contributed by atoms with Crippen LogP contribution in [0.4, 0.5) is 8.78 Å². The molecule has 2 unspecified atom stereocenters. The van der Waals surface area contributed by atoms with E-state index in [9.17, 15) is 8.78 Å². The monoisotopic (exact) mass is 376 g/mol. The van der Waals surface area contributed by atoms with Gasteiger partial charge in [-0.15, -0.1) is 0 Å². The summed E-state index contributed by atoms with van der Waals surface area (Å²) in [5, 5.41) is 3.94. The minimum absolute atomic E-state index is 0.0475. The lowest BCUT2D eigenvalue weighted by atomic mass is 9.85. The first-order valence-electron chi connectivity index (χ1n) is 9.37. The fourth-order valence-corrected chi connectivity index (χ4v) is 2.69. The Kier molecular flexibility index (Phi) is 12.0. The van der Waals surface area contributed by atoms with E-state index in [4.69, 9.17) is 11.6 Å². The van der Waals surface area contributed by atoms with Crippen LogP contribution in [0, 0.1) is 11.8 Å². The Hall–Kier alpha value is -0.900. The summed E-state index contributed by atoms with van der Waals surface area (Å²) in [6, 6.07) is 0. The lowest BCUT2D eigenvalue weighted by Gasteiger charge is -2.28. The molecule has 0 aliphatic carbocycles. The number of rotatable bonds is 12. The molecule has 2 atom stereocenters. The predicted octanol–water partition coefficient (Wildman–Crippen LogP) is 6.92. The van der Waals surface area contributed by atoms with Crippen molar-refractivity contribution in [2.24, 2.45) is 16.8 Å². The molecule has 5 heteroatoms. The van der Waals surface area contributed by atoms with Crippen molar-refractivity contribution in [1.82, 2.24) is 5.32 Å². The van der Waals surface area contributed by atoms with Crippen LogP contribution in [0.15, 0.2) is 27.5 Å². The second-order valence-electron chi connectivity index (χ2n) is 6.73. The zero-order valence-electron chi connectivity index (χ0n) is 16.6. The Bertz CT molecular complexity index is 470. The number of alkyl halides is 2. The summed E-state index contributed by atoms with van der Waals surface area (Å²) < 4.78 is 27.5. The lowest BCUT2D eigenvalue weighted by molar-refractivity contribution is -0.0319. The highest BCUT2D eigenvalue weighted by molar-refractivity contribution is 6.39. The highest BCUT2D eigenvalue weighted by Crippen LogP contribution is 2.32. The number of allylic oxidation sites excluding steroid dienone is 3. The van der Waals surface area contributed by atoms with Crippen LogP contribution in [0.25, 0.3) is 0 Å². The van der Waals surface area contributed by atoms with Gasteiger partial charge in [0.25, 0.3) is 0 Å². The van der Waals surface area contributed by atoms with Crippen molar-refractivity contribution in [3.05, 3.63) is 22.5 Å². The van der Waals surface area contributed by atoms with Gasteiger partial charge in [0.1, 0.15) is 5.82 Å². The maximum atomic E-state index is 13.8. The van der Waals surface area contributed by atoms with Gasteiger partial charge >= 0.3 is 0 Å². The van der Waals surface area contributed by atoms with E-state index >= 15 is 0 Å². The topological polar surface area (TPSA) is 24.4 Å².